The Bertz CT molecular complexity index is 1020. The van der Waals surface area contributed by atoms with E-state index >= 15 is 0 Å². The molecule has 0 unspecified atom stereocenters. The normalized spacial score (nSPS) is 17.5. The maximum absolute atomic E-state index is 13.0. The summed E-state index contributed by atoms with van der Waals surface area (Å²) >= 11 is 0. The molecule has 1 aromatic heterocycles. The van der Waals surface area contributed by atoms with Crippen LogP contribution in [0.25, 0.3) is 0 Å². The van der Waals surface area contributed by atoms with Crippen LogP contribution in [0.1, 0.15) is 29.0 Å². The van der Waals surface area contributed by atoms with Crippen LogP contribution in [0, 0.1) is 0 Å². The number of aromatic nitrogens is 2. The van der Waals surface area contributed by atoms with Gasteiger partial charge in [0.15, 0.2) is 17.2 Å². The maximum Gasteiger partial charge on any atom is 0.274 e. The number of benzene rings is 1. The van der Waals surface area contributed by atoms with Crippen molar-refractivity contribution in [1.82, 2.24) is 19.0 Å². The van der Waals surface area contributed by atoms with E-state index in [-0.39, 0.29) is 23.9 Å². The summed E-state index contributed by atoms with van der Waals surface area (Å²) in [4.78, 5) is 14.7. The van der Waals surface area contributed by atoms with Gasteiger partial charge in [-0.05, 0) is 37.5 Å². The molecule has 1 fully saturated rings. The number of carbonyl (C=O) groups is 1. The molecular weight excluding hydrogens is 408 g/mol. The highest BCUT2D eigenvalue weighted by Gasteiger charge is 2.32. The fraction of sp³-hybridized carbons (Fsp3) is 0.500. The Balaban J connectivity index is 1.45. The molecule has 2 aliphatic rings. The quantitative estimate of drug-likeness (QED) is 0.706. The predicted octanol–water partition coefficient (Wildman–Crippen LogP) is 1.38. The van der Waals surface area contributed by atoms with Crippen LogP contribution in [0.15, 0.2) is 29.2 Å². The molecule has 1 saturated heterocycles. The topological polar surface area (TPSA) is 94.0 Å². The summed E-state index contributed by atoms with van der Waals surface area (Å²) in [5.74, 6) is 0.686. The summed E-state index contributed by atoms with van der Waals surface area (Å²) in [5.41, 5.74) is 1.54. The van der Waals surface area contributed by atoms with Crippen molar-refractivity contribution >= 4 is 15.9 Å². The van der Waals surface area contributed by atoms with Gasteiger partial charge in [-0.1, -0.05) is 0 Å². The summed E-state index contributed by atoms with van der Waals surface area (Å²) in [6, 6.07) is 6.41. The number of aryl methyl sites for hydroxylation is 2. The molecule has 10 heteroatoms. The van der Waals surface area contributed by atoms with Gasteiger partial charge in [0, 0.05) is 44.5 Å². The second kappa shape index (κ2) is 8.27. The van der Waals surface area contributed by atoms with Crippen molar-refractivity contribution in [3.05, 3.63) is 35.7 Å². The second-order valence-corrected chi connectivity index (χ2v) is 9.35. The number of sulfonamides is 1. The second-order valence-electron chi connectivity index (χ2n) is 7.41. The molecule has 1 aromatic carbocycles. The summed E-state index contributed by atoms with van der Waals surface area (Å²) < 4.78 is 39.8. The Labute approximate surface area is 176 Å². The van der Waals surface area contributed by atoms with E-state index in [1.165, 1.54) is 30.7 Å². The number of amides is 1. The van der Waals surface area contributed by atoms with Crippen LogP contribution in [0.3, 0.4) is 0 Å². The Hall–Kier alpha value is -2.59. The average Bonchev–Trinajstić information content (AvgIpc) is 3.22. The van der Waals surface area contributed by atoms with E-state index in [9.17, 15) is 13.2 Å². The van der Waals surface area contributed by atoms with Crippen LogP contribution in [0.4, 0.5) is 0 Å². The molecule has 0 bridgehead atoms. The Morgan fingerprint density at radius 1 is 0.967 bits per heavy atom. The van der Waals surface area contributed by atoms with E-state index in [2.05, 4.69) is 5.10 Å². The number of methoxy groups -OCH3 is 2. The van der Waals surface area contributed by atoms with Crippen molar-refractivity contribution in [3.63, 3.8) is 0 Å². The van der Waals surface area contributed by atoms with Crippen LogP contribution < -0.4 is 9.47 Å². The number of carbonyl (C=O) groups excluding carboxylic acids is 1. The summed E-state index contributed by atoms with van der Waals surface area (Å²) in [5, 5.41) is 4.44. The maximum atomic E-state index is 13.0. The highest BCUT2D eigenvalue weighted by molar-refractivity contribution is 7.89. The minimum absolute atomic E-state index is 0.139. The lowest BCUT2D eigenvalue weighted by Crippen LogP contribution is -2.50. The largest absolute Gasteiger partial charge is 0.493 e. The standard InChI is InChI=1S/C20H26N4O5S/c1-28-18-7-6-16(14-19(18)29-2)30(26,27)23-11-9-22(10-12-23)20(25)17-13-15-5-3-4-8-24(15)21-17/h6-7,13-14H,3-5,8-12H2,1-2H3. The van der Waals surface area contributed by atoms with Gasteiger partial charge in [-0.3, -0.25) is 9.48 Å². The van der Waals surface area contributed by atoms with Crippen molar-refractivity contribution in [1.29, 1.82) is 0 Å². The Kier molecular flexibility index (Phi) is 5.70. The van der Waals surface area contributed by atoms with Gasteiger partial charge in [-0.2, -0.15) is 9.40 Å². The highest BCUT2D eigenvalue weighted by Crippen LogP contribution is 2.31. The van der Waals surface area contributed by atoms with E-state index in [1.54, 1.807) is 11.0 Å². The first kappa shape index (κ1) is 20.7. The van der Waals surface area contributed by atoms with Crippen LogP contribution in [-0.2, 0) is 23.0 Å². The highest BCUT2D eigenvalue weighted by atomic mass is 32.2. The van der Waals surface area contributed by atoms with Crippen molar-refractivity contribution < 1.29 is 22.7 Å². The first-order valence-electron chi connectivity index (χ1n) is 10.0. The van der Waals surface area contributed by atoms with Crippen LogP contribution >= 0.6 is 0 Å². The van der Waals surface area contributed by atoms with E-state index < -0.39 is 10.0 Å². The van der Waals surface area contributed by atoms with E-state index in [0.717, 1.165) is 31.5 Å². The molecule has 1 amide bonds. The van der Waals surface area contributed by atoms with Crippen LogP contribution in [-0.4, -0.2) is 73.7 Å². The molecule has 4 rings (SSSR count). The van der Waals surface area contributed by atoms with E-state index in [0.29, 0.717) is 30.3 Å². The number of rotatable bonds is 5. The van der Waals surface area contributed by atoms with Gasteiger partial charge in [-0.25, -0.2) is 8.42 Å². The zero-order valence-electron chi connectivity index (χ0n) is 17.2. The molecule has 0 spiro atoms. The number of fused-ring (bicyclic) bond motifs is 1. The molecule has 0 N–H and O–H groups in total. The van der Waals surface area contributed by atoms with Crippen LogP contribution in [0.5, 0.6) is 11.5 Å². The average molecular weight is 435 g/mol. The minimum atomic E-state index is -3.70. The van der Waals surface area contributed by atoms with Crippen molar-refractivity contribution in [3.8, 4) is 11.5 Å². The fourth-order valence-electron chi connectivity index (χ4n) is 3.94. The molecule has 2 aromatic rings. The number of hydrogen-bond acceptors (Lipinski definition) is 6. The monoisotopic (exact) mass is 434 g/mol. The molecule has 9 nitrogen and oxygen atoms in total. The zero-order chi connectivity index (χ0) is 21.3. The Morgan fingerprint density at radius 3 is 2.37 bits per heavy atom. The van der Waals surface area contributed by atoms with Crippen LogP contribution in [0.2, 0.25) is 0 Å². The SMILES string of the molecule is COc1ccc(S(=O)(=O)N2CCN(C(=O)c3cc4n(n3)CCCC4)CC2)cc1OC. The number of hydrogen-bond donors (Lipinski definition) is 0. The smallest absolute Gasteiger partial charge is 0.274 e. The number of nitrogens with zero attached hydrogens (tertiary/aromatic N) is 4. The van der Waals surface area contributed by atoms with E-state index in [1.807, 2.05) is 10.7 Å². The Morgan fingerprint density at radius 2 is 1.70 bits per heavy atom. The van der Waals surface area contributed by atoms with Gasteiger partial charge in [0.25, 0.3) is 5.91 Å². The summed E-state index contributed by atoms with van der Waals surface area (Å²) in [6.07, 6.45) is 3.14. The lowest BCUT2D eigenvalue weighted by atomic mass is 10.1. The number of piperazine rings is 1. The van der Waals surface area contributed by atoms with Gasteiger partial charge in [0.2, 0.25) is 10.0 Å². The predicted molar refractivity (Wildman–Crippen MR) is 109 cm³/mol. The molecule has 0 aliphatic carbocycles. The molecule has 0 radical (unpaired) electrons. The van der Waals surface area contributed by atoms with Gasteiger partial charge in [0.1, 0.15) is 0 Å². The fourth-order valence-corrected chi connectivity index (χ4v) is 5.38. The first-order valence-corrected chi connectivity index (χ1v) is 11.5. The third kappa shape index (κ3) is 3.77. The molecule has 30 heavy (non-hydrogen) atoms. The third-order valence-electron chi connectivity index (χ3n) is 5.65. The molecule has 3 heterocycles. The lowest BCUT2D eigenvalue weighted by Gasteiger charge is -2.33. The van der Waals surface area contributed by atoms with Gasteiger partial charge in [0.05, 0.1) is 19.1 Å². The lowest BCUT2D eigenvalue weighted by molar-refractivity contribution is 0.0691. The first-order chi connectivity index (χ1) is 14.4. The summed E-state index contributed by atoms with van der Waals surface area (Å²) in [7, 11) is -0.732. The van der Waals surface area contributed by atoms with Gasteiger partial charge < -0.3 is 14.4 Å². The van der Waals surface area contributed by atoms with Gasteiger partial charge in [-0.15, -0.1) is 0 Å². The molecule has 0 saturated carbocycles. The molecule has 2 aliphatic heterocycles. The van der Waals surface area contributed by atoms with Crippen molar-refractivity contribution in [2.75, 3.05) is 40.4 Å². The van der Waals surface area contributed by atoms with E-state index in [4.69, 9.17) is 9.47 Å². The van der Waals surface area contributed by atoms with Crippen molar-refractivity contribution in [2.45, 2.75) is 30.7 Å². The van der Waals surface area contributed by atoms with Gasteiger partial charge >= 0.3 is 0 Å². The molecule has 162 valence electrons. The third-order valence-corrected chi connectivity index (χ3v) is 7.55. The zero-order valence-corrected chi connectivity index (χ0v) is 18.0. The molecular formula is C20H26N4O5S. The number of ether oxygens (including phenoxy) is 2. The minimum Gasteiger partial charge on any atom is -0.493 e. The van der Waals surface area contributed by atoms with Crippen molar-refractivity contribution in [2.24, 2.45) is 0 Å². The summed E-state index contributed by atoms with van der Waals surface area (Å²) in [6.45, 7) is 1.97. The molecule has 0 atom stereocenters.